The number of para-hydroxylation sites is 1. The monoisotopic (exact) mass is 489 g/mol. The first-order valence-electron chi connectivity index (χ1n) is 10.6. The molecule has 178 valence electrons. The van der Waals surface area contributed by atoms with Crippen LogP contribution in [0.5, 0.6) is 23.0 Å². The molecular weight excluding hydrogens is 466 g/mol. The zero-order chi connectivity index (χ0) is 24.6. The molecule has 0 radical (unpaired) electrons. The van der Waals surface area contributed by atoms with Crippen molar-refractivity contribution in [1.29, 1.82) is 0 Å². The fourth-order valence-corrected chi connectivity index (χ4v) is 3.86. The summed E-state index contributed by atoms with van der Waals surface area (Å²) in [6.45, 7) is 0. The molecule has 3 aromatic carbocycles. The second kappa shape index (κ2) is 11.2. The first kappa shape index (κ1) is 23.8. The lowest BCUT2D eigenvalue weighted by Gasteiger charge is -2.08. The molecule has 2 N–H and O–H groups in total. The summed E-state index contributed by atoms with van der Waals surface area (Å²) in [5.74, 6) is 1.84. The summed E-state index contributed by atoms with van der Waals surface area (Å²) in [6.07, 6.45) is 0.0711. The summed E-state index contributed by atoms with van der Waals surface area (Å²) < 4.78 is 16.2. The van der Waals surface area contributed by atoms with Gasteiger partial charge in [-0.05, 0) is 48.5 Å². The van der Waals surface area contributed by atoms with Crippen molar-refractivity contribution in [2.24, 2.45) is 0 Å². The molecule has 8 nitrogen and oxygen atoms in total. The van der Waals surface area contributed by atoms with Crippen LogP contribution in [0, 0.1) is 0 Å². The minimum Gasteiger partial charge on any atom is -0.497 e. The number of amides is 2. The molecule has 0 aliphatic rings. The van der Waals surface area contributed by atoms with Crippen LogP contribution in [-0.4, -0.2) is 31.0 Å². The minimum absolute atomic E-state index is 0.0711. The van der Waals surface area contributed by atoms with Gasteiger partial charge in [0.25, 0.3) is 5.91 Å². The molecule has 0 spiro atoms. The summed E-state index contributed by atoms with van der Waals surface area (Å²) in [6, 6.07) is 21.5. The number of nitrogens with zero attached hydrogens (tertiary/aromatic N) is 1. The number of nitrogens with one attached hydrogen (secondary N) is 2. The maximum Gasteiger partial charge on any atom is 0.257 e. The number of thiazole rings is 1. The number of aromatic nitrogens is 1. The molecule has 0 aliphatic heterocycles. The lowest BCUT2D eigenvalue weighted by molar-refractivity contribution is -0.115. The Bertz CT molecular complexity index is 1280. The van der Waals surface area contributed by atoms with Crippen molar-refractivity contribution in [2.45, 2.75) is 6.42 Å². The summed E-state index contributed by atoms with van der Waals surface area (Å²) in [5, 5.41) is 7.70. The third-order valence-corrected chi connectivity index (χ3v) is 5.65. The van der Waals surface area contributed by atoms with Gasteiger partial charge in [0.05, 0.1) is 26.3 Å². The molecule has 1 aromatic heterocycles. The van der Waals surface area contributed by atoms with E-state index in [-0.39, 0.29) is 18.2 Å². The topological polar surface area (TPSA) is 98.8 Å². The van der Waals surface area contributed by atoms with Crippen LogP contribution in [0.4, 0.5) is 10.8 Å². The van der Waals surface area contributed by atoms with Gasteiger partial charge in [-0.25, -0.2) is 4.98 Å². The predicted octanol–water partition coefficient (Wildman–Crippen LogP) is 5.39. The number of anilines is 2. The molecule has 4 rings (SSSR count). The molecule has 0 bridgehead atoms. The Kier molecular flexibility index (Phi) is 7.59. The molecule has 1 heterocycles. The molecule has 4 aromatic rings. The molecule has 35 heavy (non-hydrogen) atoms. The highest BCUT2D eigenvalue weighted by molar-refractivity contribution is 7.14. The van der Waals surface area contributed by atoms with Gasteiger partial charge in [-0.1, -0.05) is 18.2 Å². The van der Waals surface area contributed by atoms with Crippen LogP contribution in [0.1, 0.15) is 16.1 Å². The van der Waals surface area contributed by atoms with Crippen molar-refractivity contribution in [3.05, 3.63) is 89.4 Å². The Balaban J connectivity index is 1.31. The van der Waals surface area contributed by atoms with E-state index < -0.39 is 0 Å². The Morgan fingerprint density at radius 2 is 1.49 bits per heavy atom. The van der Waals surface area contributed by atoms with Crippen molar-refractivity contribution in [1.82, 2.24) is 4.98 Å². The normalized spacial score (nSPS) is 10.3. The lowest BCUT2D eigenvalue weighted by Crippen LogP contribution is -2.15. The van der Waals surface area contributed by atoms with Crippen LogP contribution in [0.25, 0.3) is 0 Å². The first-order chi connectivity index (χ1) is 17.0. The van der Waals surface area contributed by atoms with Crippen LogP contribution in [-0.2, 0) is 11.2 Å². The minimum atomic E-state index is -0.356. The van der Waals surface area contributed by atoms with E-state index >= 15 is 0 Å². The molecule has 0 aliphatic carbocycles. The van der Waals surface area contributed by atoms with E-state index in [9.17, 15) is 9.59 Å². The summed E-state index contributed by atoms with van der Waals surface area (Å²) in [4.78, 5) is 29.4. The highest BCUT2D eigenvalue weighted by Gasteiger charge is 2.14. The van der Waals surface area contributed by atoms with E-state index in [1.165, 1.54) is 25.6 Å². The van der Waals surface area contributed by atoms with Crippen molar-refractivity contribution in [3.63, 3.8) is 0 Å². The standard InChI is InChI=1S/C26H23N3O5S/c1-32-22-12-17(13-23(15-22)33-2)25(31)29-26-28-19(16-35-26)14-24(30)27-18-8-10-21(11-9-18)34-20-6-4-3-5-7-20/h3-13,15-16H,14H2,1-2H3,(H,27,30)(H,28,29,31). The first-order valence-corrected chi connectivity index (χ1v) is 11.5. The molecule has 0 atom stereocenters. The van der Waals surface area contributed by atoms with E-state index in [1.807, 2.05) is 30.3 Å². The van der Waals surface area contributed by atoms with Gasteiger partial charge < -0.3 is 19.5 Å². The molecule has 0 saturated carbocycles. The Labute approximate surface area is 206 Å². The zero-order valence-corrected chi connectivity index (χ0v) is 19.9. The second-order valence-corrected chi connectivity index (χ2v) is 8.22. The quantitative estimate of drug-likeness (QED) is 0.327. The molecular formula is C26H23N3O5S. The summed E-state index contributed by atoms with van der Waals surface area (Å²) in [5.41, 5.74) is 1.57. The Morgan fingerprint density at radius 3 is 2.14 bits per heavy atom. The lowest BCUT2D eigenvalue weighted by atomic mass is 10.2. The number of rotatable bonds is 9. The number of carbonyl (C=O) groups is 2. The van der Waals surface area contributed by atoms with Crippen LogP contribution >= 0.6 is 11.3 Å². The number of ether oxygens (including phenoxy) is 3. The Morgan fingerprint density at radius 1 is 0.829 bits per heavy atom. The molecule has 0 unspecified atom stereocenters. The maximum absolute atomic E-state index is 12.6. The Hall–Kier alpha value is -4.37. The molecule has 2 amide bonds. The molecule has 0 fully saturated rings. The van der Waals surface area contributed by atoms with Gasteiger partial charge in [0, 0.05) is 22.7 Å². The molecule has 9 heteroatoms. The van der Waals surface area contributed by atoms with Crippen molar-refractivity contribution in [3.8, 4) is 23.0 Å². The van der Waals surface area contributed by atoms with E-state index in [0.29, 0.717) is 39.3 Å². The number of methoxy groups -OCH3 is 2. The van der Waals surface area contributed by atoms with Gasteiger partial charge >= 0.3 is 0 Å². The highest BCUT2D eigenvalue weighted by atomic mass is 32.1. The fraction of sp³-hybridized carbons (Fsp3) is 0.115. The average molecular weight is 490 g/mol. The fourth-order valence-electron chi connectivity index (χ4n) is 3.15. The van der Waals surface area contributed by atoms with Gasteiger partial charge in [0.15, 0.2) is 5.13 Å². The number of hydrogen-bond acceptors (Lipinski definition) is 7. The van der Waals surface area contributed by atoms with Gasteiger partial charge in [0.1, 0.15) is 23.0 Å². The van der Waals surface area contributed by atoms with Crippen LogP contribution in [0.2, 0.25) is 0 Å². The second-order valence-electron chi connectivity index (χ2n) is 7.36. The van der Waals surface area contributed by atoms with Gasteiger partial charge in [0.2, 0.25) is 5.91 Å². The van der Waals surface area contributed by atoms with Gasteiger partial charge in [-0.15, -0.1) is 11.3 Å². The van der Waals surface area contributed by atoms with Gasteiger partial charge in [-0.3, -0.25) is 14.9 Å². The smallest absolute Gasteiger partial charge is 0.257 e. The largest absolute Gasteiger partial charge is 0.497 e. The molecule has 0 saturated heterocycles. The van der Waals surface area contributed by atoms with Crippen LogP contribution in [0.15, 0.2) is 78.2 Å². The third kappa shape index (κ3) is 6.58. The van der Waals surface area contributed by atoms with Crippen molar-refractivity contribution in [2.75, 3.05) is 24.9 Å². The van der Waals surface area contributed by atoms with E-state index in [4.69, 9.17) is 14.2 Å². The van der Waals surface area contributed by atoms with E-state index in [1.54, 1.807) is 47.8 Å². The maximum atomic E-state index is 12.6. The van der Waals surface area contributed by atoms with Crippen molar-refractivity contribution >= 4 is 34.0 Å². The predicted molar refractivity (Wildman–Crippen MR) is 135 cm³/mol. The van der Waals surface area contributed by atoms with Crippen LogP contribution < -0.4 is 24.8 Å². The van der Waals surface area contributed by atoms with Crippen molar-refractivity contribution < 1.29 is 23.8 Å². The highest BCUT2D eigenvalue weighted by Crippen LogP contribution is 2.25. The summed E-state index contributed by atoms with van der Waals surface area (Å²) in [7, 11) is 3.03. The SMILES string of the molecule is COc1cc(OC)cc(C(=O)Nc2nc(CC(=O)Nc3ccc(Oc4ccccc4)cc3)cs2)c1. The number of benzene rings is 3. The third-order valence-electron chi connectivity index (χ3n) is 4.84. The number of carbonyl (C=O) groups excluding carboxylic acids is 2. The summed E-state index contributed by atoms with van der Waals surface area (Å²) >= 11 is 1.24. The van der Waals surface area contributed by atoms with E-state index in [2.05, 4.69) is 15.6 Å². The average Bonchev–Trinajstić information content (AvgIpc) is 3.31. The van der Waals surface area contributed by atoms with E-state index in [0.717, 1.165) is 5.75 Å². The number of hydrogen-bond donors (Lipinski definition) is 2. The zero-order valence-electron chi connectivity index (χ0n) is 19.1. The van der Waals surface area contributed by atoms with Crippen LogP contribution in [0.3, 0.4) is 0 Å². The van der Waals surface area contributed by atoms with Gasteiger partial charge in [-0.2, -0.15) is 0 Å².